The van der Waals surface area contributed by atoms with Crippen molar-refractivity contribution in [2.75, 3.05) is 0 Å². The van der Waals surface area contributed by atoms with Gasteiger partial charge in [0.05, 0.1) is 21.9 Å². The van der Waals surface area contributed by atoms with E-state index in [0.29, 0.717) is 10.0 Å². The zero-order valence-electron chi connectivity index (χ0n) is 10.2. The maximum atomic E-state index is 6.03. The Balaban J connectivity index is 2.02. The van der Waals surface area contributed by atoms with E-state index in [2.05, 4.69) is 21.0 Å². The third kappa shape index (κ3) is 2.62. The monoisotopic (exact) mass is 366 g/mol. The van der Waals surface area contributed by atoms with Gasteiger partial charge in [-0.05, 0) is 29.8 Å². The largest absolute Gasteiger partial charge is 0.240 e. The second-order valence-corrected chi connectivity index (χ2v) is 5.92. The number of nitrogens with zero attached hydrogens (tertiary/aromatic N) is 2. The Kier molecular flexibility index (Phi) is 3.83. The van der Waals surface area contributed by atoms with Crippen LogP contribution in [0.15, 0.2) is 59.3 Å². The van der Waals surface area contributed by atoms with Crippen LogP contribution in [0.2, 0.25) is 10.0 Å². The highest BCUT2D eigenvalue weighted by Crippen LogP contribution is 2.29. The van der Waals surface area contributed by atoms with Crippen molar-refractivity contribution in [3.63, 3.8) is 0 Å². The molecule has 0 aliphatic rings. The minimum atomic E-state index is 0.516. The average molecular weight is 368 g/mol. The summed E-state index contributed by atoms with van der Waals surface area (Å²) in [6.45, 7) is 0. The molecule has 0 saturated carbocycles. The van der Waals surface area contributed by atoms with Crippen LogP contribution in [0.1, 0.15) is 0 Å². The van der Waals surface area contributed by atoms with Gasteiger partial charge in [0.2, 0.25) is 0 Å². The fourth-order valence-corrected chi connectivity index (χ4v) is 2.73. The van der Waals surface area contributed by atoms with Gasteiger partial charge in [0.1, 0.15) is 0 Å². The highest BCUT2D eigenvalue weighted by Gasteiger charge is 2.07. The first kappa shape index (κ1) is 13.7. The molecule has 0 unspecified atom stereocenters. The summed E-state index contributed by atoms with van der Waals surface area (Å²) in [6.07, 6.45) is 3.78. The van der Waals surface area contributed by atoms with Crippen molar-refractivity contribution in [2.45, 2.75) is 0 Å². The summed E-state index contributed by atoms with van der Waals surface area (Å²) in [4.78, 5) is 0. The van der Waals surface area contributed by atoms with Crippen LogP contribution in [0.25, 0.3) is 16.8 Å². The molecule has 0 bridgehead atoms. The lowest BCUT2D eigenvalue weighted by molar-refractivity contribution is 0.881. The van der Waals surface area contributed by atoms with Gasteiger partial charge in [0.25, 0.3) is 0 Å². The molecular weight excluding hydrogens is 359 g/mol. The molecule has 0 radical (unpaired) electrons. The van der Waals surface area contributed by atoms with E-state index in [1.807, 2.05) is 42.7 Å². The van der Waals surface area contributed by atoms with Crippen LogP contribution < -0.4 is 0 Å². The van der Waals surface area contributed by atoms with E-state index in [0.717, 1.165) is 21.3 Å². The van der Waals surface area contributed by atoms with Gasteiger partial charge >= 0.3 is 0 Å². The highest BCUT2D eigenvalue weighted by atomic mass is 79.9. The predicted octanol–water partition coefficient (Wildman–Crippen LogP) is 5.61. The maximum Gasteiger partial charge on any atom is 0.0661 e. The number of halogens is 3. The van der Waals surface area contributed by atoms with Gasteiger partial charge in [-0.2, -0.15) is 5.10 Å². The summed E-state index contributed by atoms with van der Waals surface area (Å²) in [6, 6.07) is 13.5. The number of benzene rings is 2. The average Bonchev–Trinajstić information content (AvgIpc) is 2.92. The van der Waals surface area contributed by atoms with E-state index in [9.17, 15) is 0 Å². The van der Waals surface area contributed by atoms with Crippen molar-refractivity contribution in [3.8, 4) is 16.8 Å². The lowest BCUT2D eigenvalue weighted by Crippen LogP contribution is -1.93. The molecule has 0 amide bonds. The van der Waals surface area contributed by atoms with E-state index < -0.39 is 0 Å². The minimum absolute atomic E-state index is 0.516. The van der Waals surface area contributed by atoms with Gasteiger partial charge in [-0.25, -0.2) is 4.68 Å². The molecule has 1 heterocycles. The molecule has 0 aliphatic heterocycles. The van der Waals surface area contributed by atoms with Crippen LogP contribution in [-0.4, -0.2) is 9.78 Å². The molecule has 2 aromatic carbocycles. The van der Waals surface area contributed by atoms with Crippen LogP contribution in [0, 0.1) is 0 Å². The van der Waals surface area contributed by atoms with Crippen LogP contribution in [0.4, 0.5) is 0 Å². The van der Waals surface area contributed by atoms with Crippen LogP contribution in [0.5, 0.6) is 0 Å². The van der Waals surface area contributed by atoms with Gasteiger partial charge < -0.3 is 0 Å². The van der Waals surface area contributed by atoms with Gasteiger partial charge in [-0.15, -0.1) is 0 Å². The third-order valence-electron chi connectivity index (χ3n) is 2.94. The lowest BCUT2D eigenvalue weighted by Gasteiger charge is -2.03. The standard InChI is InChI=1S/C15H9BrCl2N2/c16-13-4-2-1-3-12(13)10-8-19-20(9-10)11-5-6-14(17)15(18)7-11/h1-9H. The van der Waals surface area contributed by atoms with Gasteiger partial charge in [0, 0.05) is 16.2 Å². The smallest absolute Gasteiger partial charge is 0.0661 e. The minimum Gasteiger partial charge on any atom is -0.240 e. The normalized spacial score (nSPS) is 10.8. The van der Waals surface area contributed by atoms with Crippen molar-refractivity contribution in [2.24, 2.45) is 0 Å². The number of hydrogen-bond acceptors (Lipinski definition) is 1. The lowest BCUT2D eigenvalue weighted by atomic mass is 10.1. The SMILES string of the molecule is Clc1ccc(-n2cc(-c3ccccc3Br)cn2)cc1Cl. The Morgan fingerprint density at radius 3 is 2.55 bits per heavy atom. The molecule has 0 atom stereocenters. The van der Waals surface area contributed by atoms with Crippen LogP contribution >= 0.6 is 39.1 Å². The molecule has 5 heteroatoms. The molecule has 3 aromatic rings. The summed E-state index contributed by atoms with van der Waals surface area (Å²) >= 11 is 15.5. The first-order valence-corrected chi connectivity index (χ1v) is 7.45. The van der Waals surface area contributed by atoms with E-state index in [1.54, 1.807) is 16.8 Å². The Morgan fingerprint density at radius 1 is 1.00 bits per heavy atom. The van der Waals surface area contributed by atoms with Gasteiger partial charge in [0.15, 0.2) is 0 Å². The van der Waals surface area contributed by atoms with Crippen molar-refractivity contribution in [1.29, 1.82) is 0 Å². The van der Waals surface area contributed by atoms with E-state index in [1.165, 1.54) is 0 Å². The number of aromatic nitrogens is 2. The molecule has 0 fully saturated rings. The summed E-state index contributed by atoms with van der Waals surface area (Å²) in [5.41, 5.74) is 3.00. The van der Waals surface area contributed by atoms with Crippen molar-refractivity contribution >= 4 is 39.1 Å². The molecule has 0 aliphatic carbocycles. The molecule has 3 rings (SSSR count). The second-order valence-electron chi connectivity index (χ2n) is 4.25. The van der Waals surface area contributed by atoms with E-state index >= 15 is 0 Å². The first-order valence-electron chi connectivity index (χ1n) is 5.90. The fourth-order valence-electron chi connectivity index (χ4n) is 1.93. The summed E-state index contributed by atoms with van der Waals surface area (Å²) in [5, 5.41) is 5.42. The molecule has 2 nitrogen and oxygen atoms in total. The van der Waals surface area contributed by atoms with Crippen molar-refractivity contribution in [3.05, 3.63) is 69.4 Å². The summed E-state index contributed by atoms with van der Waals surface area (Å²) in [5.74, 6) is 0. The molecule has 100 valence electrons. The molecule has 20 heavy (non-hydrogen) atoms. The van der Waals surface area contributed by atoms with Gasteiger partial charge in [-0.1, -0.05) is 57.3 Å². The Hall–Kier alpha value is -1.29. The molecule has 1 aromatic heterocycles. The zero-order chi connectivity index (χ0) is 14.1. The Morgan fingerprint density at radius 2 is 1.80 bits per heavy atom. The number of rotatable bonds is 2. The van der Waals surface area contributed by atoms with Crippen molar-refractivity contribution in [1.82, 2.24) is 9.78 Å². The van der Waals surface area contributed by atoms with E-state index in [-0.39, 0.29) is 0 Å². The number of hydrogen-bond donors (Lipinski definition) is 0. The van der Waals surface area contributed by atoms with Crippen LogP contribution in [0.3, 0.4) is 0 Å². The maximum absolute atomic E-state index is 6.03. The van der Waals surface area contributed by atoms with Gasteiger partial charge in [-0.3, -0.25) is 0 Å². The zero-order valence-corrected chi connectivity index (χ0v) is 13.3. The van der Waals surface area contributed by atoms with Crippen LogP contribution in [-0.2, 0) is 0 Å². The topological polar surface area (TPSA) is 17.8 Å². The fraction of sp³-hybridized carbons (Fsp3) is 0. The quantitative estimate of drug-likeness (QED) is 0.575. The molecular formula is C15H9BrCl2N2. The summed E-state index contributed by atoms with van der Waals surface area (Å²) < 4.78 is 2.81. The first-order chi connectivity index (χ1) is 9.65. The highest BCUT2D eigenvalue weighted by molar-refractivity contribution is 9.10. The molecule has 0 spiro atoms. The Labute approximate surface area is 135 Å². The Bertz CT molecular complexity index is 768. The molecule has 0 saturated heterocycles. The molecule has 0 N–H and O–H groups in total. The van der Waals surface area contributed by atoms with Crippen molar-refractivity contribution < 1.29 is 0 Å². The third-order valence-corrected chi connectivity index (χ3v) is 4.37. The summed E-state index contributed by atoms with van der Waals surface area (Å²) in [7, 11) is 0. The predicted molar refractivity (Wildman–Crippen MR) is 86.7 cm³/mol. The second kappa shape index (κ2) is 5.60. The van der Waals surface area contributed by atoms with E-state index in [4.69, 9.17) is 23.2 Å².